The van der Waals surface area contributed by atoms with Crippen LogP contribution in [0.1, 0.15) is 40.3 Å². The van der Waals surface area contributed by atoms with Crippen molar-refractivity contribution < 1.29 is 18.7 Å². The Morgan fingerprint density at radius 2 is 2.00 bits per heavy atom. The second-order valence-corrected chi connectivity index (χ2v) is 4.07. The first-order valence-corrected chi connectivity index (χ1v) is 5.72. The van der Waals surface area contributed by atoms with Crippen LogP contribution >= 0.6 is 0 Å². The van der Waals surface area contributed by atoms with Crippen LogP contribution in [0.3, 0.4) is 0 Å². The van der Waals surface area contributed by atoms with Gasteiger partial charge >= 0.3 is 5.97 Å². The number of carbonyl (C=O) groups is 2. The minimum atomic E-state index is -0.543. The molecule has 0 unspecified atom stereocenters. The van der Waals surface area contributed by atoms with Gasteiger partial charge in [0.2, 0.25) is 5.76 Å². The van der Waals surface area contributed by atoms with Gasteiger partial charge in [0.15, 0.2) is 5.78 Å². The summed E-state index contributed by atoms with van der Waals surface area (Å²) in [6.45, 7) is 3.49. The third-order valence-electron chi connectivity index (χ3n) is 2.85. The lowest BCUT2D eigenvalue weighted by Gasteiger charge is -2.01. The van der Waals surface area contributed by atoms with Crippen LogP contribution in [0.15, 0.2) is 22.6 Å². The van der Waals surface area contributed by atoms with Gasteiger partial charge in [0.1, 0.15) is 5.58 Å². The lowest BCUT2D eigenvalue weighted by Crippen LogP contribution is -1.98. The van der Waals surface area contributed by atoms with Gasteiger partial charge in [-0.15, -0.1) is 0 Å². The molecule has 1 aromatic heterocycles. The number of Topliss-reactive ketones (excluding diaryl/α,β-unsaturated/α-hetero) is 1. The van der Waals surface area contributed by atoms with Gasteiger partial charge in [-0.1, -0.05) is 6.92 Å². The summed E-state index contributed by atoms with van der Waals surface area (Å²) in [5, 5.41) is 0.750. The fourth-order valence-electron chi connectivity index (χ4n) is 1.88. The molecule has 0 radical (unpaired) electrons. The number of methoxy groups -OCH3 is 1. The summed E-state index contributed by atoms with van der Waals surface area (Å²) in [6.07, 6.45) is 0.814. The van der Waals surface area contributed by atoms with E-state index >= 15 is 0 Å². The number of hydrogen-bond acceptors (Lipinski definition) is 4. The number of rotatable bonds is 3. The molecule has 0 aliphatic carbocycles. The van der Waals surface area contributed by atoms with E-state index in [1.165, 1.54) is 14.0 Å². The van der Waals surface area contributed by atoms with Crippen LogP contribution in [0.2, 0.25) is 0 Å². The molecule has 0 N–H and O–H groups in total. The van der Waals surface area contributed by atoms with Gasteiger partial charge in [-0.25, -0.2) is 4.79 Å². The Balaban J connectivity index is 2.70. The van der Waals surface area contributed by atoms with Crippen LogP contribution < -0.4 is 0 Å². The summed E-state index contributed by atoms with van der Waals surface area (Å²) in [4.78, 5) is 23.0. The van der Waals surface area contributed by atoms with Gasteiger partial charge in [0, 0.05) is 5.39 Å². The van der Waals surface area contributed by atoms with E-state index in [0.717, 1.165) is 17.4 Å². The summed E-state index contributed by atoms with van der Waals surface area (Å²) in [7, 11) is 1.29. The number of hydrogen-bond donors (Lipinski definition) is 0. The summed E-state index contributed by atoms with van der Waals surface area (Å²) in [6, 6.07) is 5.32. The number of ketones is 1. The first-order valence-electron chi connectivity index (χ1n) is 5.72. The SMILES string of the molecule is CCc1cc(C(C)=O)c2oc(C(=O)OC)cc2c1. The molecule has 0 aliphatic rings. The van der Waals surface area contributed by atoms with Gasteiger partial charge in [-0.3, -0.25) is 4.79 Å². The van der Waals surface area contributed by atoms with Crippen molar-refractivity contribution in [1.29, 1.82) is 0 Å². The molecule has 0 atom stereocenters. The summed E-state index contributed by atoms with van der Waals surface area (Å²) >= 11 is 0. The van der Waals surface area contributed by atoms with E-state index in [2.05, 4.69) is 4.74 Å². The summed E-state index contributed by atoms with van der Waals surface area (Å²) in [5.74, 6) is -0.511. The molecule has 0 bridgehead atoms. The maximum atomic E-state index is 11.6. The normalized spacial score (nSPS) is 10.6. The Bertz CT molecular complexity index is 622. The molecule has 0 saturated carbocycles. The molecule has 1 heterocycles. The van der Waals surface area contributed by atoms with Crippen molar-refractivity contribution in [2.45, 2.75) is 20.3 Å². The van der Waals surface area contributed by atoms with Crippen LogP contribution in [-0.2, 0) is 11.2 Å². The average molecular weight is 246 g/mol. The minimum absolute atomic E-state index is 0.0823. The van der Waals surface area contributed by atoms with Gasteiger partial charge in [-0.2, -0.15) is 0 Å². The largest absolute Gasteiger partial charge is 0.463 e. The van der Waals surface area contributed by atoms with Crippen molar-refractivity contribution in [2.75, 3.05) is 7.11 Å². The minimum Gasteiger partial charge on any atom is -0.463 e. The summed E-state index contributed by atoms with van der Waals surface area (Å²) in [5.41, 5.74) is 1.98. The van der Waals surface area contributed by atoms with E-state index in [9.17, 15) is 9.59 Å². The third kappa shape index (κ3) is 2.01. The Morgan fingerprint density at radius 1 is 1.28 bits per heavy atom. The van der Waals surface area contributed by atoms with Crippen LogP contribution in [0.5, 0.6) is 0 Å². The molecule has 0 spiro atoms. The van der Waals surface area contributed by atoms with Crippen LogP contribution in [0.4, 0.5) is 0 Å². The monoisotopic (exact) mass is 246 g/mol. The van der Waals surface area contributed by atoms with Crippen LogP contribution in [0.25, 0.3) is 11.0 Å². The maximum Gasteiger partial charge on any atom is 0.373 e. The molecular weight excluding hydrogens is 232 g/mol. The van der Waals surface area contributed by atoms with Crippen molar-refractivity contribution in [3.05, 3.63) is 35.1 Å². The Kier molecular flexibility index (Phi) is 3.19. The highest BCUT2D eigenvalue weighted by Gasteiger charge is 2.17. The van der Waals surface area contributed by atoms with Crippen molar-refractivity contribution in [3.8, 4) is 0 Å². The third-order valence-corrected chi connectivity index (χ3v) is 2.85. The average Bonchev–Trinajstić information content (AvgIpc) is 2.79. The van der Waals surface area contributed by atoms with Crippen molar-refractivity contribution in [2.24, 2.45) is 0 Å². The van der Waals surface area contributed by atoms with Crippen molar-refractivity contribution in [3.63, 3.8) is 0 Å². The lowest BCUT2D eigenvalue weighted by atomic mass is 10.0. The number of carbonyl (C=O) groups excluding carboxylic acids is 2. The number of esters is 1. The molecule has 4 nitrogen and oxygen atoms in total. The summed E-state index contributed by atoms with van der Waals surface area (Å²) < 4.78 is 10.0. The second-order valence-electron chi connectivity index (χ2n) is 4.07. The molecular formula is C14H14O4. The number of ether oxygens (including phenoxy) is 1. The Morgan fingerprint density at radius 3 is 2.56 bits per heavy atom. The molecule has 2 rings (SSSR count). The molecule has 0 fully saturated rings. The van der Waals surface area contributed by atoms with Gasteiger partial charge in [0.05, 0.1) is 12.7 Å². The predicted octanol–water partition coefficient (Wildman–Crippen LogP) is 2.98. The Labute approximate surface area is 105 Å². The zero-order chi connectivity index (χ0) is 13.3. The van der Waals surface area contributed by atoms with E-state index in [1.54, 1.807) is 12.1 Å². The maximum absolute atomic E-state index is 11.6. The fourth-order valence-corrected chi connectivity index (χ4v) is 1.88. The molecule has 0 aliphatic heterocycles. The highest BCUT2D eigenvalue weighted by molar-refractivity contribution is 6.06. The molecule has 0 amide bonds. The van der Waals surface area contributed by atoms with Crippen molar-refractivity contribution >= 4 is 22.7 Å². The standard InChI is InChI=1S/C14H14O4/c1-4-9-5-10-7-12(14(16)17-3)18-13(10)11(6-9)8(2)15/h5-7H,4H2,1-3H3. The zero-order valence-electron chi connectivity index (χ0n) is 10.6. The number of aryl methyl sites for hydroxylation is 1. The number of fused-ring (bicyclic) bond motifs is 1. The number of benzene rings is 1. The quantitative estimate of drug-likeness (QED) is 0.617. The molecule has 94 valence electrons. The van der Waals surface area contributed by atoms with Crippen molar-refractivity contribution in [1.82, 2.24) is 0 Å². The first kappa shape index (κ1) is 12.4. The molecule has 0 saturated heterocycles. The molecule has 4 heteroatoms. The number of furan rings is 1. The van der Waals surface area contributed by atoms with Crippen LogP contribution in [-0.4, -0.2) is 18.9 Å². The van der Waals surface area contributed by atoms with Gasteiger partial charge < -0.3 is 9.15 Å². The zero-order valence-corrected chi connectivity index (χ0v) is 10.6. The topological polar surface area (TPSA) is 56.5 Å². The van der Waals surface area contributed by atoms with E-state index in [-0.39, 0.29) is 11.5 Å². The van der Waals surface area contributed by atoms with Gasteiger partial charge in [0.25, 0.3) is 0 Å². The lowest BCUT2D eigenvalue weighted by molar-refractivity contribution is 0.0567. The molecule has 2 aromatic rings. The van der Waals surface area contributed by atoms with E-state index < -0.39 is 5.97 Å². The molecule has 18 heavy (non-hydrogen) atoms. The fraction of sp³-hybridized carbons (Fsp3) is 0.286. The smallest absolute Gasteiger partial charge is 0.373 e. The first-order chi connectivity index (χ1) is 8.56. The highest BCUT2D eigenvalue weighted by Crippen LogP contribution is 2.26. The Hall–Kier alpha value is -2.10. The van der Waals surface area contributed by atoms with E-state index in [4.69, 9.17) is 4.42 Å². The molecule has 1 aromatic carbocycles. The van der Waals surface area contributed by atoms with Gasteiger partial charge in [-0.05, 0) is 37.1 Å². The second kappa shape index (κ2) is 4.64. The highest BCUT2D eigenvalue weighted by atomic mass is 16.5. The van der Waals surface area contributed by atoms with Crippen LogP contribution in [0, 0.1) is 0 Å². The van der Waals surface area contributed by atoms with E-state index in [1.807, 2.05) is 13.0 Å². The van der Waals surface area contributed by atoms with E-state index in [0.29, 0.717) is 11.1 Å². The predicted molar refractivity (Wildman–Crippen MR) is 66.9 cm³/mol.